The van der Waals surface area contributed by atoms with Crippen LogP contribution in [0.3, 0.4) is 0 Å². The van der Waals surface area contributed by atoms with Crippen molar-refractivity contribution in [2.75, 3.05) is 0 Å². The number of hydrogen-bond acceptors (Lipinski definition) is 1. The van der Waals surface area contributed by atoms with E-state index in [0.717, 1.165) is 29.6 Å². The van der Waals surface area contributed by atoms with E-state index in [1.165, 1.54) is 83.5 Å². The standard InChI is InChI=1S/C21H35N/c1-16-7-9-19(10-8-16)21(15-22)20-13-11-18(12-14-20)17-5-3-2-4-6-17/h16-21H,2-14H2,1H3. The van der Waals surface area contributed by atoms with Crippen molar-refractivity contribution in [2.45, 2.75) is 90.4 Å². The lowest BCUT2D eigenvalue weighted by Gasteiger charge is -2.39. The van der Waals surface area contributed by atoms with E-state index in [0.29, 0.717) is 5.92 Å². The summed E-state index contributed by atoms with van der Waals surface area (Å²) in [5, 5.41) is 9.76. The summed E-state index contributed by atoms with van der Waals surface area (Å²) in [6.07, 6.45) is 18.4. The molecule has 0 spiro atoms. The Morgan fingerprint density at radius 3 is 1.73 bits per heavy atom. The molecule has 0 saturated heterocycles. The van der Waals surface area contributed by atoms with Gasteiger partial charge >= 0.3 is 0 Å². The highest BCUT2D eigenvalue weighted by atomic mass is 14.4. The van der Waals surface area contributed by atoms with Crippen LogP contribution in [0, 0.1) is 46.8 Å². The topological polar surface area (TPSA) is 23.8 Å². The van der Waals surface area contributed by atoms with Gasteiger partial charge in [-0.3, -0.25) is 0 Å². The van der Waals surface area contributed by atoms with E-state index in [2.05, 4.69) is 13.0 Å². The second kappa shape index (κ2) is 7.85. The van der Waals surface area contributed by atoms with Crippen LogP contribution in [0.4, 0.5) is 0 Å². The van der Waals surface area contributed by atoms with Gasteiger partial charge in [0, 0.05) is 0 Å². The van der Waals surface area contributed by atoms with E-state index < -0.39 is 0 Å². The Labute approximate surface area is 137 Å². The van der Waals surface area contributed by atoms with Crippen LogP contribution in [-0.4, -0.2) is 0 Å². The zero-order valence-corrected chi connectivity index (χ0v) is 14.6. The molecule has 3 aliphatic rings. The van der Waals surface area contributed by atoms with Crippen LogP contribution < -0.4 is 0 Å². The molecule has 3 fully saturated rings. The lowest BCUT2D eigenvalue weighted by Crippen LogP contribution is -2.31. The predicted octanol–water partition coefficient (Wildman–Crippen LogP) is 6.34. The van der Waals surface area contributed by atoms with Crippen molar-refractivity contribution in [3.05, 3.63) is 0 Å². The summed E-state index contributed by atoms with van der Waals surface area (Å²) in [5.74, 6) is 4.76. The zero-order valence-electron chi connectivity index (χ0n) is 14.6. The maximum Gasteiger partial charge on any atom is 0.0661 e. The molecule has 0 aromatic carbocycles. The summed E-state index contributed by atoms with van der Waals surface area (Å²) < 4.78 is 0. The second-order valence-corrected chi connectivity index (χ2v) is 8.75. The Bertz CT molecular complexity index is 360. The number of nitriles is 1. The Morgan fingerprint density at radius 2 is 1.18 bits per heavy atom. The second-order valence-electron chi connectivity index (χ2n) is 8.75. The lowest BCUT2D eigenvalue weighted by molar-refractivity contribution is 0.118. The molecule has 1 atom stereocenters. The average Bonchev–Trinajstić information content (AvgIpc) is 2.59. The molecule has 0 aromatic heterocycles. The summed E-state index contributed by atoms with van der Waals surface area (Å²) in [7, 11) is 0. The molecular weight excluding hydrogens is 266 g/mol. The van der Waals surface area contributed by atoms with Crippen molar-refractivity contribution >= 4 is 0 Å². The first kappa shape index (κ1) is 16.4. The highest BCUT2D eigenvalue weighted by molar-refractivity contribution is 4.96. The number of hydrogen-bond donors (Lipinski definition) is 0. The van der Waals surface area contributed by atoms with Crippen LogP contribution in [0.15, 0.2) is 0 Å². The molecule has 1 unspecified atom stereocenters. The molecule has 3 saturated carbocycles. The molecule has 0 radical (unpaired) electrons. The molecule has 0 aliphatic heterocycles. The van der Waals surface area contributed by atoms with Crippen molar-refractivity contribution in [3.63, 3.8) is 0 Å². The molecule has 1 heteroatoms. The predicted molar refractivity (Wildman–Crippen MR) is 92.2 cm³/mol. The van der Waals surface area contributed by atoms with E-state index in [4.69, 9.17) is 0 Å². The largest absolute Gasteiger partial charge is 0.198 e. The summed E-state index contributed by atoms with van der Waals surface area (Å²) in [5.41, 5.74) is 0. The molecule has 3 rings (SSSR count). The molecule has 3 aliphatic carbocycles. The van der Waals surface area contributed by atoms with Crippen LogP contribution in [0.25, 0.3) is 0 Å². The van der Waals surface area contributed by atoms with Crippen LogP contribution >= 0.6 is 0 Å². The summed E-state index contributed by atoms with van der Waals surface area (Å²) in [6, 6.07) is 2.75. The molecular formula is C21H35N. The Kier molecular flexibility index (Phi) is 5.83. The van der Waals surface area contributed by atoms with Gasteiger partial charge < -0.3 is 0 Å². The molecule has 0 aromatic rings. The van der Waals surface area contributed by atoms with Crippen molar-refractivity contribution in [1.29, 1.82) is 5.26 Å². The van der Waals surface area contributed by atoms with Gasteiger partial charge in [-0.05, 0) is 68.1 Å². The fraction of sp³-hybridized carbons (Fsp3) is 0.952. The van der Waals surface area contributed by atoms with Gasteiger partial charge in [-0.1, -0.05) is 51.9 Å². The minimum absolute atomic E-state index is 0.375. The maximum absolute atomic E-state index is 9.76. The number of rotatable bonds is 3. The molecule has 22 heavy (non-hydrogen) atoms. The van der Waals surface area contributed by atoms with Crippen molar-refractivity contribution in [3.8, 4) is 6.07 Å². The fourth-order valence-corrected chi connectivity index (χ4v) is 5.82. The van der Waals surface area contributed by atoms with Crippen molar-refractivity contribution in [1.82, 2.24) is 0 Å². The first-order chi connectivity index (χ1) is 10.8. The molecule has 124 valence electrons. The minimum atomic E-state index is 0.375. The summed E-state index contributed by atoms with van der Waals surface area (Å²) >= 11 is 0. The molecule has 0 bridgehead atoms. The van der Waals surface area contributed by atoms with E-state index in [-0.39, 0.29) is 0 Å². The normalized spacial score (nSPS) is 39.1. The quantitative estimate of drug-likeness (QED) is 0.596. The highest BCUT2D eigenvalue weighted by Crippen LogP contribution is 2.45. The summed E-state index contributed by atoms with van der Waals surface area (Å²) in [6.45, 7) is 2.38. The Hall–Kier alpha value is -0.510. The smallest absolute Gasteiger partial charge is 0.0661 e. The van der Waals surface area contributed by atoms with E-state index in [1.807, 2.05) is 0 Å². The monoisotopic (exact) mass is 301 g/mol. The van der Waals surface area contributed by atoms with Crippen molar-refractivity contribution in [2.24, 2.45) is 35.5 Å². The molecule has 0 amide bonds. The molecule has 1 nitrogen and oxygen atoms in total. The first-order valence-corrected chi connectivity index (χ1v) is 10.2. The SMILES string of the molecule is CC1CCC(C(C#N)C2CCC(C3CCCCC3)CC2)CC1. The van der Waals surface area contributed by atoms with Gasteiger partial charge in [0.05, 0.1) is 12.0 Å². The van der Waals surface area contributed by atoms with Gasteiger partial charge in [-0.25, -0.2) is 0 Å². The van der Waals surface area contributed by atoms with Crippen LogP contribution in [0.5, 0.6) is 0 Å². The van der Waals surface area contributed by atoms with Gasteiger partial charge in [0.15, 0.2) is 0 Å². The minimum Gasteiger partial charge on any atom is -0.198 e. The fourth-order valence-electron chi connectivity index (χ4n) is 5.82. The van der Waals surface area contributed by atoms with Gasteiger partial charge in [-0.2, -0.15) is 5.26 Å². The third-order valence-corrected chi connectivity index (χ3v) is 7.36. The molecule has 0 N–H and O–H groups in total. The van der Waals surface area contributed by atoms with Crippen molar-refractivity contribution < 1.29 is 0 Å². The van der Waals surface area contributed by atoms with Gasteiger partial charge in [0.25, 0.3) is 0 Å². The van der Waals surface area contributed by atoms with E-state index in [9.17, 15) is 5.26 Å². The van der Waals surface area contributed by atoms with E-state index >= 15 is 0 Å². The van der Waals surface area contributed by atoms with Gasteiger partial charge in [0.2, 0.25) is 0 Å². The lowest BCUT2D eigenvalue weighted by atomic mass is 9.65. The first-order valence-electron chi connectivity index (χ1n) is 10.2. The highest BCUT2D eigenvalue weighted by Gasteiger charge is 2.36. The third kappa shape index (κ3) is 3.87. The van der Waals surface area contributed by atoms with Crippen LogP contribution in [-0.2, 0) is 0 Å². The van der Waals surface area contributed by atoms with Crippen LogP contribution in [0.2, 0.25) is 0 Å². The van der Waals surface area contributed by atoms with E-state index in [1.54, 1.807) is 0 Å². The Balaban J connectivity index is 1.50. The van der Waals surface area contributed by atoms with Gasteiger partial charge in [-0.15, -0.1) is 0 Å². The molecule has 0 heterocycles. The maximum atomic E-state index is 9.76. The average molecular weight is 302 g/mol. The number of nitrogens with zero attached hydrogens (tertiary/aromatic N) is 1. The third-order valence-electron chi connectivity index (χ3n) is 7.36. The van der Waals surface area contributed by atoms with Crippen LogP contribution in [0.1, 0.15) is 90.4 Å². The Morgan fingerprint density at radius 1 is 0.682 bits per heavy atom. The van der Waals surface area contributed by atoms with Gasteiger partial charge in [0.1, 0.15) is 0 Å². The zero-order chi connectivity index (χ0) is 15.4. The summed E-state index contributed by atoms with van der Waals surface area (Å²) in [4.78, 5) is 0.